The predicted octanol–water partition coefficient (Wildman–Crippen LogP) is 5.19. The van der Waals surface area contributed by atoms with Crippen molar-refractivity contribution in [1.29, 1.82) is 0 Å². The lowest BCUT2D eigenvalue weighted by molar-refractivity contribution is -0.133. The molecule has 0 aromatic heterocycles. The van der Waals surface area contributed by atoms with Crippen LogP contribution in [0.3, 0.4) is 0 Å². The van der Waals surface area contributed by atoms with Gasteiger partial charge in [-0.25, -0.2) is 0 Å². The van der Waals surface area contributed by atoms with Crippen LogP contribution in [0.4, 0.5) is 0 Å². The lowest BCUT2D eigenvalue weighted by Crippen LogP contribution is -2.43. The van der Waals surface area contributed by atoms with Crippen molar-refractivity contribution >= 4 is 5.91 Å². The highest BCUT2D eigenvalue weighted by molar-refractivity contribution is 5.78. The Morgan fingerprint density at radius 3 is 2.68 bits per heavy atom. The molecule has 1 fully saturated rings. The first-order chi connectivity index (χ1) is 16.4. The smallest absolute Gasteiger partial charge is 0.236 e. The van der Waals surface area contributed by atoms with Crippen molar-refractivity contribution in [2.45, 2.75) is 84.1 Å². The molecule has 192 valence electrons. The summed E-state index contributed by atoms with van der Waals surface area (Å²) in [5.74, 6) is 2.60. The molecule has 34 heavy (non-hydrogen) atoms. The quantitative estimate of drug-likeness (QED) is 0.374. The van der Waals surface area contributed by atoms with Crippen LogP contribution in [0.2, 0.25) is 0 Å². The van der Waals surface area contributed by atoms with Crippen LogP contribution in [0, 0.1) is 5.92 Å². The molecule has 2 aliphatic heterocycles. The maximum absolute atomic E-state index is 13.5. The highest BCUT2D eigenvalue weighted by Crippen LogP contribution is 2.37. The molecule has 1 saturated heterocycles. The summed E-state index contributed by atoms with van der Waals surface area (Å²) < 4.78 is 5.73. The molecule has 2 unspecified atom stereocenters. The van der Waals surface area contributed by atoms with Crippen LogP contribution < -0.4 is 4.74 Å². The van der Waals surface area contributed by atoms with E-state index < -0.39 is 0 Å². The first-order valence-corrected chi connectivity index (χ1v) is 13.8. The zero-order valence-corrected chi connectivity index (χ0v) is 22.5. The Morgan fingerprint density at radius 2 is 1.94 bits per heavy atom. The van der Waals surface area contributed by atoms with Gasteiger partial charge in [0.25, 0.3) is 0 Å². The summed E-state index contributed by atoms with van der Waals surface area (Å²) in [6, 6.07) is 7.30. The highest BCUT2D eigenvalue weighted by atomic mass is 16.5. The Morgan fingerprint density at radius 1 is 1.15 bits per heavy atom. The summed E-state index contributed by atoms with van der Waals surface area (Å²) in [5.41, 5.74) is 2.79. The fraction of sp³-hybridized carbons (Fsp3) is 0.759. The molecule has 3 atom stereocenters. The van der Waals surface area contributed by atoms with Gasteiger partial charge in [-0.05, 0) is 75.4 Å². The van der Waals surface area contributed by atoms with Crippen LogP contribution in [0.5, 0.6) is 5.75 Å². The van der Waals surface area contributed by atoms with Gasteiger partial charge in [0.05, 0.1) is 13.2 Å². The molecule has 0 N–H and O–H groups in total. The number of likely N-dealkylation sites (tertiary alicyclic amines) is 1. The largest absolute Gasteiger partial charge is 0.493 e. The normalized spacial score (nSPS) is 21.0. The second-order valence-corrected chi connectivity index (χ2v) is 11.0. The average Bonchev–Trinajstić information content (AvgIpc) is 3.42. The molecule has 0 spiro atoms. The second-order valence-electron chi connectivity index (χ2n) is 11.0. The monoisotopic (exact) mass is 471 g/mol. The number of unbranched alkanes of at least 4 members (excludes halogenated alkanes) is 1. The van der Waals surface area contributed by atoms with Crippen molar-refractivity contribution in [1.82, 2.24) is 14.7 Å². The number of ether oxygens (including phenoxy) is 1. The zero-order valence-electron chi connectivity index (χ0n) is 22.5. The molecule has 5 nitrogen and oxygen atoms in total. The summed E-state index contributed by atoms with van der Waals surface area (Å²) in [4.78, 5) is 20.4. The maximum Gasteiger partial charge on any atom is 0.236 e. The van der Waals surface area contributed by atoms with Gasteiger partial charge in [0.2, 0.25) is 5.91 Å². The molecular weight excluding hydrogens is 422 g/mol. The molecule has 0 saturated carbocycles. The summed E-state index contributed by atoms with van der Waals surface area (Å²) in [5, 5.41) is 0. The van der Waals surface area contributed by atoms with Gasteiger partial charge >= 0.3 is 0 Å². The van der Waals surface area contributed by atoms with Crippen LogP contribution in [0.1, 0.15) is 82.8 Å². The Bertz CT molecular complexity index is 766. The van der Waals surface area contributed by atoms with E-state index in [1.165, 1.54) is 30.4 Å². The Balaban J connectivity index is 1.69. The van der Waals surface area contributed by atoms with E-state index in [1.807, 2.05) is 0 Å². The van der Waals surface area contributed by atoms with Gasteiger partial charge in [-0.3, -0.25) is 9.69 Å². The van der Waals surface area contributed by atoms with Gasteiger partial charge in [0, 0.05) is 32.1 Å². The molecule has 2 aliphatic rings. The van der Waals surface area contributed by atoms with Gasteiger partial charge in [-0.15, -0.1) is 0 Å². The van der Waals surface area contributed by atoms with Crippen LogP contribution in [-0.2, 0) is 11.2 Å². The van der Waals surface area contributed by atoms with E-state index in [9.17, 15) is 4.79 Å². The van der Waals surface area contributed by atoms with E-state index in [1.54, 1.807) is 0 Å². The number of rotatable bonds is 14. The van der Waals surface area contributed by atoms with Crippen molar-refractivity contribution in [3.8, 4) is 5.75 Å². The van der Waals surface area contributed by atoms with Crippen LogP contribution in [-0.4, -0.2) is 80.1 Å². The van der Waals surface area contributed by atoms with Gasteiger partial charge in [-0.2, -0.15) is 0 Å². The Hall–Kier alpha value is -1.59. The second kappa shape index (κ2) is 13.5. The maximum atomic E-state index is 13.5. The third-order valence-electron chi connectivity index (χ3n) is 7.67. The standard InChI is InChI=1S/C29H49N3O2/c1-6-8-15-31(16-9-14-30(4)5)29(33)22-32-21-26(20-27(32)18-23(3)10-7-2)24-11-12-28-25(19-24)13-17-34-28/h11-12,19,23,26-27H,6-10,13-18,20-22H2,1-5H3/t23?,26-,27?/m1/s1. The van der Waals surface area contributed by atoms with Gasteiger partial charge in [0.15, 0.2) is 0 Å². The van der Waals surface area contributed by atoms with Crippen molar-refractivity contribution in [2.75, 3.05) is 53.4 Å². The highest BCUT2D eigenvalue weighted by Gasteiger charge is 2.35. The van der Waals surface area contributed by atoms with Gasteiger partial charge in [-0.1, -0.05) is 52.2 Å². The third kappa shape index (κ3) is 7.71. The molecule has 1 aromatic rings. The molecular formula is C29H49N3O2. The Kier molecular flexibility index (Phi) is 10.7. The number of hydrogen-bond acceptors (Lipinski definition) is 4. The number of benzene rings is 1. The van der Waals surface area contributed by atoms with E-state index >= 15 is 0 Å². The summed E-state index contributed by atoms with van der Waals surface area (Å²) in [6.45, 7) is 12.0. The van der Waals surface area contributed by atoms with E-state index in [2.05, 4.69) is 67.8 Å². The molecule has 0 radical (unpaired) electrons. The lowest BCUT2D eigenvalue weighted by atomic mass is 9.90. The lowest BCUT2D eigenvalue weighted by Gasteiger charge is -2.30. The van der Waals surface area contributed by atoms with Crippen molar-refractivity contribution in [3.05, 3.63) is 29.3 Å². The number of carbonyl (C=O) groups excluding carboxylic acids is 1. The number of carbonyl (C=O) groups is 1. The average molecular weight is 472 g/mol. The molecule has 1 aromatic carbocycles. The van der Waals surface area contributed by atoms with E-state index in [0.29, 0.717) is 30.3 Å². The molecule has 0 aliphatic carbocycles. The van der Waals surface area contributed by atoms with E-state index in [0.717, 1.165) is 70.6 Å². The fourth-order valence-electron chi connectivity index (χ4n) is 5.76. The van der Waals surface area contributed by atoms with Gasteiger partial charge < -0.3 is 14.5 Å². The molecule has 1 amide bonds. The zero-order chi connectivity index (χ0) is 24.5. The minimum absolute atomic E-state index is 0.323. The molecule has 0 bridgehead atoms. The van der Waals surface area contributed by atoms with Gasteiger partial charge in [0.1, 0.15) is 5.75 Å². The van der Waals surface area contributed by atoms with Crippen LogP contribution in [0.15, 0.2) is 18.2 Å². The third-order valence-corrected chi connectivity index (χ3v) is 7.67. The molecule has 5 heteroatoms. The van der Waals surface area contributed by atoms with Crippen molar-refractivity contribution in [3.63, 3.8) is 0 Å². The first kappa shape index (κ1) is 27.0. The topological polar surface area (TPSA) is 36.0 Å². The van der Waals surface area contributed by atoms with Crippen LogP contribution in [0.25, 0.3) is 0 Å². The Labute approximate surface area is 208 Å². The minimum Gasteiger partial charge on any atom is -0.493 e. The number of nitrogens with zero attached hydrogens (tertiary/aromatic N) is 3. The predicted molar refractivity (Wildman–Crippen MR) is 142 cm³/mol. The van der Waals surface area contributed by atoms with E-state index in [4.69, 9.17) is 4.74 Å². The van der Waals surface area contributed by atoms with Crippen LogP contribution >= 0.6 is 0 Å². The number of fused-ring (bicyclic) bond motifs is 1. The number of amides is 1. The summed E-state index contributed by atoms with van der Waals surface area (Å²) in [6.07, 6.45) is 9.14. The summed E-state index contributed by atoms with van der Waals surface area (Å²) in [7, 11) is 4.21. The van der Waals surface area contributed by atoms with Crippen molar-refractivity contribution in [2.24, 2.45) is 5.92 Å². The molecule has 3 rings (SSSR count). The van der Waals surface area contributed by atoms with E-state index in [-0.39, 0.29) is 0 Å². The fourth-order valence-corrected chi connectivity index (χ4v) is 5.76. The van der Waals surface area contributed by atoms with Crippen molar-refractivity contribution < 1.29 is 9.53 Å². The number of hydrogen-bond donors (Lipinski definition) is 0. The molecule has 2 heterocycles. The first-order valence-electron chi connectivity index (χ1n) is 13.8. The minimum atomic E-state index is 0.323. The SMILES string of the molecule is CCCCN(CCCN(C)C)C(=O)CN1C[C@H](c2ccc3c(c2)CCO3)CC1CC(C)CCC. The summed E-state index contributed by atoms with van der Waals surface area (Å²) >= 11 is 0.